The number of halogens is 2. The minimum atomic E-state index is -0.979. The molecule has 2 aromatic carbocycles. The topological polar surface area (TPSA) is 37.3 Å². The van der Waals surface area contributed by atoms with E-state index in [4.69, 9.17) is 16.7 Å². The maximum absolute atomic E-state index is 13.7. The first-order valence-corrected chi connectivity index (χ1v) is 6.97. The van der Waals surface area contributed by atoms with Gasteiger partial charge in [0, 0.05) is 5.56 Å². The summed E-state index contributed by atoms with van der Waals surface area (Å²) in [4.78, 5) is 11.1. The number of rotatable bonds is 2. The number of hydrogen-bond donors (Lipinski definition) is 1. The molecule has 0 unspecified atom stereocenters. The lowest BCUT2D eigenvalue weighted by Gasteiger charge is -2.19. The van der Waals surface area contributed by atoms with Crippen LogP contribution in [0.4, 0.5) is 4.39 Å². The first-order valence-electron chi connectivity index (χ1n) is 6.59. The Labute approximate surface area is 126 Å². The van der Waals surface area contributed by atoms with Crippen LogP contribution in [0.1, 0.15) is 33.5 Å². The molecule has 1 aliphatic rings. The van der Waals surface area contributed by atoms with Crippen molar-refractivity contribution in [1.82, 2.24) is 0 Å². The van der Waals surface area contributed by atoms with E-state index in [0.717, 1.165) is 29.5 Å². The van der Waals surface area contributed by atoms with Gasteiger partial charge < -0.3 is 5.11 Å². The fraction of sp³-hybridized carbons (Fsp3) is 0.118. The Kier molecular flexibility index (Phi) is 3.52. The van der Waals surface area contributed by atoms with Gasteiger partial charge >= 0.3 is 5.97 Å². The molecular weight excluding hydrogens is 291 g/mol. The van der Waals surface area contributed by atoms with Crippen LogP contribution >= 0.6 is 11.6 Å². The van der Waals surface area contributed by atoms with Crippen molar-refractivity contribution >= 4 is 23.1 Å². The fourth-order valence-corrected chi connectivity index (χ4v) is 2.85. The second-order valence-electron chi connectivity index (χ2n) is 4.93. The lowest BCUT2D eigenvalue weighted by Crippen LogP contribution is -2.05. The third-order valence-electron chi connectivity index (χ3n) is 3.65. The number of benzene rings is 2. The SMILES string of the molecule is O=C(O)c1ccc2c(c1)C(c1cccc(F)c1Cl)=CCC2. The normalized spacial score (nSPS) is 13.5. The quantitative estimate of drug-likeness (QED) is 0.883. The highest BCUT2D eigenvalue weighted by atomic mass is 35.5. The van der Waals surface area contributed by atoms with E-state index in [2.05, 4.69) is 0 Å². The van der Waals surface area contributed by atoms with Crippen LogP contribution < -0.4 is 0 Å². The van der Waals surface area contributed by atoms with Crippen molar-refractivity contribution in [3.63, 3.8) is 0 Å². The van der Waals surface area contributed by atoms with Gasteiger partial charge in [-0.3, -0.25) is 0 Å². The van der Waals surface area contributed by atoms with Crippen LogP contribution in [0.3, 0.4) is 0 Å². The molecule has 0 saturated heterocycles. The first-order chi connectivity index (χ1) is 10.1. The van der Waals surface area contributed by atoms with Crippen LogP contribution in [0.5, 0.6) is 0 Å². The Morgan fingerprint density at radius 3 is 2.76 bits per heavy atom. The monoisotopic (exact) mass is 302 g/mol. The van der Waals surface area contributed by atoms with Gasteiger partial charge in [0.25, 0.3) is 0 Å². The van der Waals surface area contributed by atoms with Gasteiger partial charge in [-0.15, -0.1) is 0 Å². The summed E-state index contributed by atoms with van der Waals surface area (Å²) < 4.78 is 13.7. The van der Waals surface area contributed by atoms with Crippen LogP contribution in [-0.2, 0) is 6.42 Å². The van der Waals surface area contributed by atoms with Gasteiger partial charge in [0.1, 0.15) is 5.82 Å². The van der Waals surface area contributed by atoms with Crippen molar-refractivity contribution < 1.29 is 14.3 Å². The van der Waals surface area contributed by atoms with E-state index >= 15 is 0 Å². The molecule has 1 N–H and O–H groups in total. The Morgan fingerprint density at radius 2 is 2.00 bits per heavy atom. The van der Waals surface area contributed by atoms with Gasteiger partial charge in [-0.1, -0.05) is 35.9 Å². The molecule has 0 bridgehead atoms. The summed E-state index contributed by atoms with van der Waals surface area (Å²) in [6, 6.07) is 9.70. The number of hydrogen-bond acceptors (Lipinski definition) is 1. The predicted octanol–water partition coefficient (Wildman–Crippen LogP) is 4.56. The molecule has 0 fully saturated rings. The van der Waals surface area contributed by atoms with Gasteiger partial charge in [-0.05, 0) is 47.7 Å². The number of carboxylic acids is 1. The Morgan fingerprint density at radius 1 is 1.19 bits per heavy atom. The average molecular weight is 303 g/mol. The highest BCUT2D eigenvalue weighted by molar-refractivity contribution is 6.32. The molecule has 106 valence electrons. The summed E-state index contributed by atoms with van der Waals surface area (Å²) in [5, 5.41) is 9.20. The standard InChI is InChI=1S/C17H12ClFO2/c18-16-13(5-2-6-15(16)19)12-4-1-3-10-7-8-11(17(20)21)9-14(10)12/h2,4-9H,1,3H2,(H,20,21). The Balaban J connectivity index is 2.18. The molecule has 1 aliphatic carbocycles. The third kappa shape index (κ3) is 2.45. The van der Waals surface area contributed by atoms with Crippen molar-refractivity contribution in [2.75, 3.05) is 0 Å². The van der Waals surface area contributed by atoms with E-state index in [0.29, 0.717) is 5.56 Å². The minimum absolute atomic E-state index is 0.0670. The van der Waals surface area contributed by atoms with Gasteiger partial charge in [-0.25, -0.2) is 9.18 Å². The summed E-state index contributed by atoms with van der Waals surface area (Å²) in [5.74, 6) is -1.45. The van der Waals surface area contributed by atoms with E-state index in [1.54, 1.807) is 24.3 Å². The third-order valence-corrected chi connectivity index (χ3v) is 4.04. The minimum Gasteiger partial charge on any atom is -0.478 e. The van der Waals surface area contributed by atoms with Crippen molar-refractivity contribution in [3.05, 3.63) is 75.6 Å². The van der Waals surface area contributed by atoms with Gasteiger partial charge in [0.05, 0.1) is 10.6 Å². The molecule has 21 heavy (non-hydrogen) atoms. The van der Waals surface area contributed by atoms with E-state index in [9.17, 15) is 9.18 Å². The Hall–Kier alpha value is -2.13. The molecule has 4 heteroatoms. The predicted molar refractivity (Wildman–Crippen MR) is 80.2 cm³/mol. The van der Waals surface area contributed by atoms with Crippen LogP contribution in [-0.4, -0.2) is 11.1 Å². The second kappa shape index (κ2) is 5.34. The number of allylic oxidation sites excluding steroid dienone is 1. The zero-order valence-corrected chi connectivity index (χ0v) is 11.8. The van der Waals surface area contributed by atoms with Gasteiger partial charge in [-0.2, -0.15) is 0 Å². The number of aromatic carboxylic acids is 1. The van der Waals surface area contributed by atoms with Crippen molar-refractivity contribution in [1.29, 1.82) is 0 Å². The molecule has 3 rings (SSSR count). The molecule has 0 spiro atoms. The lowest BCUT2D eigenvalue weighted by atomic mass is 9.86. The molecule has 0 radical (unpaired) electrons. The lowest BCUT2D eigenvalue weighted by molar-refractivity contribution is 0.0697. The maximum atomic E-state index is 13.7. The summed E-state index contributed by atoms with van der Waals surface area (Å²) in [7, 11) is 0. The van der Waals surface area contributed by atoms with E-state index in [1.165, 1.54) is 6.07 Å². The number of fused-ring (bicyclic) bond motifs is 1. The Bertz CT molecular complexity index is 765. The van der Waals surface area contributed by atoms with E-state index in [-0.39, 0.29) is 10.6 Å². The highest BCUT2D eigenvalue weighted by Gasteiger charge is 2.19. The molecule has 0 heterocycles. The van der Waals surface area contributed by atoms with Crippen LogP contribution in [0.15, 0.2) is 42.5 Å². The average Bonchev–Trinajstić information content (AvgIpc) is 2.49. The molecule has 0 aromatic heterocycles. The largest absolute Gasteiger partial charge is 0.478 e. The second-order valence-corrected chi connectivity index (χ2v) is 5.31. The van der Waals surface area contributed by atoms with Crippen LogP contribution in [0.2, 0.25) is 5.02 Å². The molecule has 2 nitrogen and oxygen atoms in total. The van der Waals surface area contributed by atoms with E-state index in [1.807, 2.05) is 12.1 Å². The summed E-state index contributed by atoms with van der Waals surface area (Å²) in [5.41, 5.74) is 3.48. The fourth-order valence-electron chi connectivity index (χ4n) is 2.63. The smallest absolute Gasteiger partial charge is 0.335 e. The van der Waals surface area contributed by atoms with Gasteiger partial charge in [0.2, 0.25) is 0 Å². The highest BCUT2D eigenvalue weighted by Crippen LogP contribution is 2.36. The van der Waals surface area contributed by atoms with Crippen molar-refractivity contribution in [2.24, 2.45) is 0 Å². The molecule has 2 aromatic rings. The number of aryl methyl sites for hydroxylation is 1. The molecule has 0 aliphatic heterocycles. The molecular formula is C17H12ClFO2. The van der Waals surface area contributed by atoms with E-state index < -0.39 is 11.8 Å². The van der Waals surface area contributed by atoms with Crippen LogP contribution in [0.25, 0.3) is 5.57 Å². The van der Waals surface area contributed by atoms with Gasteiger partial charge in [0.15, 0.2) is 0 Å². The van der Waals surface area contributed by atoms with Crippen molar-refractivity contribution in [2.45, 2.75) is 12.8 Å². The molecule has 0 amide bonds. The molecule has 0 saturated carbocycles. The summed E-state index contributed by atoms with van der Waals surface area (Å²) >= 11 is 6.06. The van der Waals surface area contributed by atoms with Crippen LogP contribution in [0, 0.1) is 5.82 Å². The number of carbonyl (C=O) groups is 1. The number of carboxylic acid groups (broad SMARTS) is 1. The summed E-state index contributed by atoms with van der Waals surface area (Å²) in [6.07, 6.45) is 3.64. The summed E-state index contributed by atoms with van der Waals surface area (Å²) in [6.45, 7) is 0. The zero-order chi connectivity index (χ0) is 15.0. The molecule has 0 atom stereocenters. The first kappa shape index (κ1) is 13.8. The maximum Gasteiger partial charge on any atom is 0.335 e. The van der Waals surface area contributed by atoms with Crippen molar-refractivity contribution in [3.8, 4) is 0 Å². The zero-order valence-electron chi connectivity index (χ0n) is 11.1.